The summed E-state index contributed by atoms with van der Waals surface area (Å²) in [6.45, 7) is 4.92. The fourth-order valence-corrected chi connectivity index (χ4v) is 3.44. The van der Waals surface area contributed by atoms with Gasteiger partial charge in [0.1, 0.15) is 17.1 Å². The predicted octanol–water partition coefficient (Wildman–Crippen LogP) is 3.93. The van der Waals surface area contributed by atoms with Gasteiger partial charge in [-0.05, 0) is 50.6 Å². The molecule has 0 spiro atoms. The molecule has 0 fully saturated rings. The van der Waals surface area contributed by atoms with Crippen molar-refractivity contribution in [2.24, 2.45) is 0 Å². The van der Waals surface area contributed by atoms with Gasteiger partial charge in [0.25, 0.3) is 5.91 Å². The van der Waals surface area contributed by atoms with E-state index in [9.17, 15) is 18.0 Å². The topological polar surface area (TPSA) is 86.3 Å². The van der Waals surface area contributed by atoms with Crippen LogP contribution in [0.3, 0.4) is 0 Å². The fourth-order valence-electron chi connectivity index (χ4n) is 3.44. The average Bonchev–Trinajstić information content (AvgIpc) is 3.37. The Hall–Kier alpha value is -3.89. The normalized spacial score (nSPS) is 11.7. The molecule has 1 amide bonds. The van der Waals surface area contributed by atoms with Crippen molar-refractivity contribution in [3.05, 3.63) is 66.0 Å². The maximum Gasteiger partial charge on any atom is 0.573 e. The molecule has 0 unspecified atom stereocenters. The number of amides is 1. The van der Waals surface area contributed by atoms with Crippen LogP contribution in [0.4, 0.5) is 13.2 Å². The van der Waals surface area contributed by atoms with E-state index in [0.717, 1.165) is 24.5 Å². The summed E-state index contributed by atoms with van der Waals surface area (Å²) in [5.74, 6) is 0.291. The van der Waals surface area contributed by atoms with Crippen molar-refractivity contribution in [1.29, 1.82) is 0 Å². The molecule has 0 radical (unpaired) electrons. The molecule has 11 heteroatoms. The Bertz CT molecular complexity index is 1280. The predicted molar refractivity (Wildman–Crippen MR) is 114 cm³/mol. The number of carbonyl (C=O) groups excluding carboxylic acids is 1. The quantitative estimate of drug-likeness (QED) is 0.424. The molecule has 4 aromatic rings. The highest BCUT2D eigenvalue weighted by Crippen LogP contribution is 2.27. The maximum absolute atomic E-state index is 12.7. The summed E-state index contributed by atoms with van der Waals surface area (Å²) in [5.41, 5.74) is 2.49. The molecule has 0 saturated carbocycles. The third-order valence-corrected chi connectivity index (χ3v) is 5.06. The highest BCUT2D eigenvalue weighted by molar-refractivity contribution is 5.99. The number of halogens is 3. The number of alkyl halides is 3. The zero-order chi connectivity index (χ0) is 23.6. The molecule has 3 heterocycles. The first-order chi connectivity index (χ1) is 15.7. The van der Waals surface area contributed by atoms with E-state index in [-0.39, 0.29) is 11.7 Å². The second-order valence-corrected chi connectivity index (χ2v) is 7.43. The summed E-state index contributed by atoms with van der Waals surface area (Å²) in [5, 5.41) is 7.12. The molecule has 0 bridgehead atoms. The van der Waals surface area contributed by atoms with E-state index in [1.54, 1.807) is 23.7 Å². The third-order valence-electron chi connectivity index (χ3n) is 5.06. The van der Waals surface area contributed by atoms with Crippen LogP contribution in [0.15, 0.2) is 48.9 Å². The minimum absolute atomic E-state index is 0.301. The molecule has 0 aliphatic carbocycles. The van der Waals surface area contributed by atoms with Gasteiger partial charge in [-0.15, -0.1) is 13.2 Å². The Kier molecular flexibility index (Phi) is 6.03. The van der Waals surface area contributed by atoms with E-state index in [4.69, 9.17) is 0 Å². The first-order valence-corrected chi connectivity index (χ1v) is 10.2. The lowest BCUT2D eigenvalue weighted by molar-refractivity contribution is -0.274. The van der Waals surface area contributed by atoms with Gasteiger partial charge >= 0.3 is 6.36 Å². The molecular formula is C22H21F3N6O2. The number of hydrogen-bond acceptors (Lipinski definition) is 5. The van der Waals surface area contributed by atoms with Gasteiger partial charge in [0.05, 0.1) is 11.9 Å². The number of rotatable bonds is 7. The molecule has 0 atom stereocenters. The largest absolute Gasteiger partial charge is 0.573 e. The van der Waals surface area contributed by atoms with Gasteiger partial charge in [-0.25, -0.2) is 14.5 Å². The molecule has 0 aliphatic heterocycles. The number of carbonyl (C=O) groups is 1. The molecule has 0 aliphatic rings. The molecule has 3 aromatic heterocycles. The third kappa shape index (κ3) is 5.13. The van der Waals surface area contributed by atoms with E-state index in [2.05, 4.69) is 25.1 Å². The number of hydrogen-bond donors (Lipinski definition) is 1. The minimum atomic E-state index is -4.76. The second kappa shape index (κ2) is 8.93. The van der Waals surface area contributed by atoms with Gasteiger partial charge in [-0.3, -0.25) is 4.79 Å². The number of imidazole rings is 1. The van der Waals surface area contributed by atoms with E-state index >= 15 is 0 Å². The van der Waals surface area contributed by atoms with Crippen molar-refractivity contribution in [3.63, 3.8) is 0 Å². The van der Waals surface area contributed by atoms with Gasteiger partial charge in [0, 0.05) is 36.7 Å². The highest BCUT2D eigenvalue weighted by Gasteiger charge is 2.31. The highest BCUT2D eigenvalue weighted by atomic mass is 19.4. The van der Waals surface area contributed by atoms with E-state index in [1.807, 2.05) is 17.7 Å². The van der Waals surface area contributed by atoms with Crippen molar-refractivity contribution < 1.29 is 22.7 Å². The van der Waals surface area contributed by atoms with Gasteiger partial charge in [-0.1, -0.05) is 0 Å². The van der Waals surface area contributed by atoms with Crippen LogP contribution in [0, 0.1) is 13.8 Å². The van der Waals surface area contributed by atoms with Gasteiger partial charge < -0.3 is 14.6 Å². The standard InChI is InChI=1S/C22H21F3N6O2/c1-14-12-19(16-4-6-17(7-5-16)33-22(23,24)25)29-20-18(13-28-31(14)20)21(32)27-8-3-10-30-11-9-26-15(30)2/h4-7,9,11-13H,3,8,10H2,1-2H3,(H,27,32). The van der Waals surface area contributed by atoms with Crippen molar-refractivity contribution in [2.45, 2.75) is 33.2 Å². The summed E-state index contributed by atoms with van der Waals surface area (Å²) in [6.07, 6.45) is 1.04. The summed E-state index contributed by atoms with van der Waals surface area (Å²) >= 11 is 0. The number of benzene rings is 1. The number of aryl methyl sites for hydroxylation is 3. The molecule has 0 saturated heterocycles. The monoisotopic (exact) mass is 458 g/mol. The molecular weight excluding hydrogens is 437 g/mol. The zero-order valence-corrected chi connectivity index (χ0v) is 17.9. The lowest BCUT2D eigenvalue weighted by Gasteiger charge is -2.10. The van der Waals surface area contributed by atoms with Crippen LogP contribution in [0.25, 0.3) is 16.9 Å². The second-order valence-electron chi connectivity index (χ2n) is 7.43. The first kappa shape index (κ1) is 22.3. The van der Waals surface area contributed by atoms with Crippen LogP contribution in [0.5, 0.6) is 5.75 Å². The molecule has 1 N–H and O–H groups in total. The number of nitrogens with one attached hydrogen (secondary N) is 1. The molecule has 33 heavy (non-hydrogen) atoms. The Labute approximate surface area is 187 Å². The lowest BCUT2D eigenvalue weighted by atomic mass is 10.1. The van der Waals surface area contributed by atoms with E-state index in [1.165, 1.54) is 30.5 Å². The molecule has 172 valence electrons. The summed E-state index contributed by atoms with van der Waals surface area (Å²) in [6, 6.07) is 7.14. The van der Waals surface area contributed by atoms with Gasteiger partial charge in [-0.2, -0.15) is 5.10 Å². The fraction of sp³-hybridized carbons (Fsp3) is 0.273. The van der Waals surface area contributed by atoms with Crippen molar-refractivity contribution in [1.82, 2.24) is 29.5 Å². The minimum Gasteiger partial charge on any atom is -0.406 e. The molecule has 8 nitrogen and oxygen atoms in total. The summed E-state index contributed by atoms with van der Waals surface area (Å²) < 4.78 is 44.6. The van der Waals surface area contributed by atoms with Crippen LogP contribution < -0.4 is 10.1 Å². The van der Waals surface area contributed by atoms with Crippen LogP contribution in [-0.2, 0) is 6.54 Å². The molecule has 4 rings (SSSR count). The average molecular weight is 458 g/mol. The van der Waals surface area contributed by atoms with Crippen LogP contribution >= 0.6 is 0 Å². The number of fused-ring (bicyclic) bond motifs is 1. The van der Waals surface area contributed by atoms with Crippen LogP contribution in [0.1, 0.15) is 28.3 Å². The number of aromatic nitrogens is 5. The summed E-state index contributed by atoms with van der Waals surface area (Å²) in [7, 11) is 0. The number of nitrogens with zero attached hydrogens (tertiary/aromatic N) is 5. The van der Waals surface area contributed by atoms with Crippen molar-refractivity contribution >= 4 is 11.6 Å². The zero-order valence-electron chi connectivity index (χ0n) is 17.9. The Morgan fingerprint density at radius 2 is 1.94 bits per heavy atom. The van der Waals surface area contributed by atoms with Crippen LogP contribution in [-0.4, -0.2) is 43.0 Å². The van der Waals surface area contributed by atoms with E-state index < -0.39 is 6.36 Å². The molecule has 1 aromatic carbocycles. The Balaban J connectivity index is 1.50. The van der Waals surface area contributed by atoms with Gasteiger partial charge in [0.15, 0.2) is 5.65 Å². The Morgan fingerprint density at radius 1 is 1.18 bits per heavy atom. The lowest BCUT2D eigenvalue weighted by Crippen LogP contribution is -2.25. The Morgan fingerprint density at radius 3 is 2.61 bits per heavy atom. The van der Waals surface area contributed by atoms with Gasteiger partial charge in [0.2, 0.25) is 0 Å². The summed E-state index contributed by atoms with van der Waals surface area (Å²) in [4.78, 5) is 21.4. The smallest absolute Gasteiger partial charge is 0.406 e. The maximum atomic E-state index is 12.7. The number of ether oxygens (including phenoxy) is 1. The van der Waals surface area contributed by atoms with Crippen molar-refractivity contribution in [2.75, 3.05) is 6.54 Å². The first-order valence-electron chi connectivity index (χ1n) is 10.2. The van der Waals surface area contributed by atoms with E-state index in [0.29, 0.717) is 29.0 Å². The van der Waals surface area contributed by atoms with Crippen LogP contribution in [0.2, 0.25) is 0 Å². The van der Waals surface area contributed by atoms with Crippen molar-refractivity contribution in [3.8, 4) is 17.0 Å². The SMILES string of the molecule is Cc1nccn1CCCNC(=O)c1cnn2c(C)cc(-c3ccc(OC(F)(F)F)cc3)nc12.